The third-order valence-corrected chi connectivity index (χ3v) is 5.76. The van der Waals surface area contributed by atoms with Crippen molar-refractivity contribution in [3.63, 3.8) is 0 Å². The number of hydrogen-bond acceptors (Lipinski definition) is 4. The van der Waals surface area contributed by atoms with Crippen molar-refractivity contribution in [1.29, 1.82) is 0 Å². The Morgan fingerprint density at radius 3 is 2.26 bits per heavy atom. The van der Waals surface area contributed by atoms with Crippen LogP contribution in [0.3, 0.4) is 0 Å². The quantitative estimate of drug-likeness (QED) is 0.403. The third-order valence-electron chi connectivity index (χ3n) is 4.48. The summed E-state index contributed by atoms with van der Waals surface area (Å²) in [5, 5.41) is 1.12. The Morgan fingerprint density at radius 1 is 0.963 bits per heavy atom. The van der Waals surface area contributed by atoms with Crippen molar-refractivity contribution in [1.82, 2.24) is 4.98 Å². The summed E-state index contributed by atoms with van der Waals surface area (Å²) in [6, 6.07) is 26.5. The molecule has 0 saturated heterocycles. The van der Waals surface area contributed by atoms with Crippen molar-refractivity contribution in [3.8, 4) is 0 Å². The number of ether oxygens (including phenoxy) is 1. The molecule has 0 aliphatic rings. The minimum Gasteiger partial charge on any atom is -0.469 e. The van der Waals surface area contributed by atoms with Gasteiger partial charge in [0, 0.05) is 17.4 Å². The number of carbonyl (C=O) groups excluding carboxylic acids is 1. The van der Waals surface area contributed by atoms with Gasteiger partial charge in [0.15, 0.2) is 0 Å². The second-order valence-corrected chi connectivity index (χ2v) is 7.57. The van der Waals surface area contributed by atoms with Gasteiger partial charge < -0.3 is 4.74 Å². The molecule has 3 rings (SSSR count). The number of benzene rings is 2. The molecule has 4 heteroatoms. The van der Waals surface area contributed by atoms with Gasteiger partial charge in [-0.25, -0.2) is 4.98 Å². The first-order valence-corrected chi connectivity index (χ1v) is 9.87. The lowest BCUT2D eigenvalue weighted by molar-refractivity contribution is -0.141. The summed E-state index contributed by atoms with van der Waals surface area (Å²) in [6.07, 6.45) is 3.00. The van der Waals surface area contributed by atoms with Crippen molar-refractivity contribution in [2.45, 2.75) is 29.0 Å². The van der Waals surface area contributed by atoms with Crippen LogP contribution in [0.15, 0.2) is 90.1 Å². The Bertz CT molecular complexity index is 783. The zero-order valence-corrected chi connectivity index (χ0v) is 16.1. The highest BCUT2D eigenvalue weighted by atomic mass is 32.2. The summed E-state index contributed by atoms with van der Waals surface area (Å²) >= 11 is 1.72. The molecule has 0 fully saturated rings. The highest BCUT2D eigenvalue weighted by Crippen LogP contribution is 2.37. The highest BCUT2D eigenvalue weighted by molar-refractivity contribution is 7.99. The molecule has 1 aromatic heterocycles. The van der Waals surface area contributed by atoms with Crippen LogP contribution in [0.4, 0.5) is 0 Å². The van der Waals surface area contributed by atoms with Gasteiger partial charge in [0.25, 0.3) is 0 Å². The Hall–Kier alpha value is -2.59. The van der Waals surface area contributed by atoms with E-state index in [1.54, 1.807) is 18.0 Å². The van der Waals surface area contributed by atoms with E-state index < -0.39 is 0 Å². The number of nitrogens with zero attached hydrogens (tertiary/aromatic N) is 1. The minimum absolute atomic E-state index is 0.0332. The third kappa shape index (κ3) is 5.69. The van der Waals surface area contributed by atoms with Gasteiger partial charge in [-0.1, -0.05) is 66.7 Å². The summed E-state index contributed by atoms with van der Waals surface area (Å²) < 4.78 is 4.99. The lowest BCUT2D eigenvalue weighted by Gasteiger charge is -2.26. The summed E-state index contributed by atoms with van der Waals surface area (Å²) in [4.78, 5) is 16.6. The maximum atomic E-state index is 12.2. The molecular weight excluding hydrogens is 354 g/mol. The van der Waals surface area contributed by atoms with Crippen LogP contribution in [0, 0.1) is 0 Å². The number of aromatic nitrogens is 1. The van der Waals surface area contributed by atoms with Gasteiger partial charge in [-0.2, -0.15) is 0 Å². The Kier molecular flexibility index (Phi) is 7.05. The van der Waals surface area contributed by atoms with Crippen LogP contribution >= 0.6 is 11.8 Å². The molecule has 2 atom stereocenters. The Labute approximate surface area is 164 Å². The van der Waals surface area contributed by atoms with Gasteiger partial charge in [-0.3, -0.25) is 4.79 Å². The van der Waals surface area contributed by atoms with Crippen molar-refractivity contribution >= 4 is 17.7 Å². The van der Waals surface area contributed by atoms with E-state index in [1.807, 2.05) is 42.5 Å². The lowest BCUT2D eigenvalue weighted by Crippen LogP contribution is -2.22. The van der Waals surface area contributed by atoms with Crippen LogP contribution in [0.1, 0.15) is 23.5 Å². The van der Waals surface area contributed by atoms with Gasteiger partial charge in [0.2, 0.25) is 0 Å². The molecule has 0 bridgehead atoms. The number of thioether (sulfide) groups is 1. The largest absolute Gasteiger partial charge is 0.469 e. The summed E-state index contributed by atoms with van der Waals surface area (Å²) in [5.74, 6) is -0.158. The minimum atomic E-state index is -0.191. The summed E-state index contributed by atoms with van der Waals surface area (Å²) in [7, 11) is 1.45. The van der Waals surface area contributed by atoms with E-state index in [1.165, 1.54) is 12.7 Å². The van der Waals surface area contributed by atoms with Crippen LogP contribution in [-0.4, -0.2) is 23.3 Å². The summed E-state index contributed by atoms with van der Waals surface area (Å²) in [6.45, 7) is 0. The first kappa shape index (κ1) is 19.2. The zero-order valence-electron chi connectivity index (χ0n) is 15.3. The average molecular weight is 378 g/mol. The van der Waals surface area contributed by atoms with Crippen molar-refractivity contribution in [2.75, 3.05) is 7.11 Å². The first-order chi connectivity index (χ1) is 13.3. The van der Waals surface area contributed by atoms with Crippen molar-refractivity contribution < 1.29 is 9.53 Å². The average Bonchev–Trinajstić information content (AvgIpc) is 2.73. The Morgan fingerprint density at radius 2 is 1.63 bits per heavy atom. The van der Waals surface area contributed by atoms with E-state index in [0.29, 0.717) is 6.42 Å². The molecule has 0 unspecified atom stereocenters. The molecule has 1 heterocycles. The fourth-order valence-electron chi connectivity index (χ4n) is 3.11. The highest BCUT2D eigenvalue weighted by Gasteiger charge is 2.28. The van der Waals surface area contributed by atoms with Crippen molar-refractivity contribution in [3.05, 3.63) is 96.2 Å². The molecule has 0 saturated carbocycles. The maximum Gasteiger partial charge on any atom is 0.306 e. The number of methoxy groups -OCH3 is 1. The van der Waals surface area contributed by atoms with Crippen LogP contribution in [-0.2, 0) is 16.0 Å². The normalized spacial score (nSPS) is 12.9. The predicted molar refractivity (Wildman–Crippen MR) is 110 cm³/mol. The topological polar surface area (TPSA) is 39.2 Å². The molecule has 138 valence electrons. The number of pyridine rings is 1. The van der Waals surface area contributed by atoms with E-state index in [9.17, 15) is 4.79 Å². The standard InChI is InChI=1S/C23H23NO2S/c1-26-23(25)17-20(19-12-6-3-7-13-19)21(16-18-10-4-2-5-11-18)27-22-14-8-9-15-24-22/h2-15,20-21H,16-17H2,1H3/t20-,21+/m0/s1. The summed E-state index contributed by atoms with van der Waals surface area (Å²) in [5.41, 5.74) is 2.39. The molecule has 0 aliphatic carbocycles. The van der Waals surface area contributed by atoms with Gasteiger partial charge in [-0.05, 0) is 29.7 Å². The second-order valence-electron chi connectivity index (χ2n) is 6.31. The van der Waals surface area contributed by atoms with Crippen molar-refractivity contribution in [2.24, 2.45) is 0 Å². The monoisotopic (exact) mass is 377 g/mol. The SMILES string of the molecule is COC(=O)C[C@@H](c1ccccc1)[C@@H](Cc1ccccc1)Sc1ccccn1. The fraction of sp³-hybridized carbons (Fsp3) is 0.217. The van der Waals surface area contributed by atoms with Crippen LogP contribution in [0.25, 0.3) is 0 Å². The molecule has 2 aromatic carbocycles. The second kappa shape index (κ2) is 9.93. The van der Waals surface area contributed by atoms with Gasteiger partial charge in [-0.15, -0.1) is 11.8 Å². The van der Waals surface area contributed by atoms with E-state index in [0.717, 1.165) is 17.0 Å². The zero-order chi connectivity index (χ0) is 18.9. The van der Waals surface area contributed by atoms with E-state index in [4.69, 9.17) is 4.74 Å². The first-order valence-electron chi connectivity index (χ1n) is 8.99. The molecule has 3 nitrogen and oxygen atoms in total. The molecule has 0 amide bonds. The smallest absolute Gasteiger partial charge is 0.306 e. The van der Waals surface area contributed by atoms with Crippen LogP contribution < -0.4 is 0 Å². The van der Waals surface area contributed by atoms with E-state index in [-0.39, 0.29) is 17.1 Å². The van der Waals surface area contributed by atoms with Gasteiger partial charge in [0.1, 0.15) is 0 Å². The molecule has 0 N–H and O–H groups in total. The fourth-order valence-corrected chi connectivity index (χ4v) is 4.39. The number of hydrogen-bond donors (Lipinski definition) is 0. The predicted octanol–water partition coefficient (Wildman–Crippen LogP) is 5.13. The molecule has 0 spiro atoms. The van der Waals surface area contributed by atoms with E-state index >= 15 is 0 Å². The van der Waals surface area contributed by atoms with Gasteiger partial charge >= 0.3 is 5.97 Å². The van der Waals surface area contributed by atoms with E-state index in [2.05, 4.69) is 41.4 Å². The maximum absolute atomic E-state index is 12.2. The molecule has 0 radical (unpaired) electrons. The molecule has 3 aromatic rings. The number of carbonyl (C=O) groups is 1. The molecule has 0 aliphatic heterocycles. The lowest BCUT2D eigenvalue weighted by atomic mass is 9.89. The Balaban J connectivity index is 1.94. The van der Waals surface area contributed by atoms with Gasteiger partial charge in [0.05, 0.1) is 18.6 Å². The number of esters is 1. The molecular formula is C23H23NO2S. The number of rotatable bonds is 8. The molecule has 27 heavy (non-hydrogen) atoms. The van der Waals surface area contributed by atoms with Crippen LogP contribution in [0.5, 0.6) is 0 Å². The van der Waals surface area contributed by atoms with Crippen LogP contribution in [0.2, 0.25) is 0 Å².